The summed E-state index contributed by atoms with van der Waals surface area (Å²) in [5.74, 6) is -0.00317. The van der Waals surface area contributed by atoms with E-state index in [2.05, 4.69) is 23.6 Å². The van der Waals surface area contributed by atoms with Gasteiger partial charge in [0.05, 0.1) is 22.8 Å². The number of hydrogen-bond acceptors (Lipinski definition) is 6. The summed E-state index contributed by atoms with van der Waals surface area (Å²) in [7, 11) is 0. The molecule has 0 saturated carbocycles. The van der Waals surface area contributed by atoms with Crippen molar-refractivity contribution in [2.75, 3.05) is 0 Å². The van der Waals surface area contributed by atoms with Crippen LogP contribution in [0.15, 0.2) is 106 Å². The van der Waals surface area contributed by atoms with Crippen molar-refractivity contribution < 1.29 is 9.90 Å². The SMILES string of the molecule is C=CC1=C(C=C)SC=C(/C(C)=C(O)/C(=N\N(C=O)Cc2ccccc2)c2ccc(C)s2)N1. The molecular formula is C25H25N3O2S2. The Labute approximate surface area is 196 Å². The zero-order valence-corrected chi connectivity index (χ0v) is 19.7. The standard InChI is InChI=1S/C25H25N3O2S2/c1-5-20-22(6-2)31-15-21(26-20)18(4)25(30)24(23-13-12-17(3)32-23)27-28(16-29)14-19-10-8-7-9-11-19/h5-13,15-16,26,30H,1-2,14H2,3-4H3/b25-18-,27-24-. The molecule has 0 aliphatic carbocycles. The van der Waals surface area contributed by atoms with Crippen molar-refractivity contribution in [2.45, 2.75) is 20.4 Å². The smallest absolute Gasteiger partial charge is 0.230 e. The van der Waals surface area contributed by atoms with Crippen LogP contribution in [0.2, 0.25) is 0 Å². The van der Waals surface area contributed by atoms with Gasteiger partial charge in [-0.15, -0.1) is 11.3 Å². The molecule has 0 saturated heterocycles. The fraction of sp³-hybridized carbons (Fsp3) is 0.120. The van der Waals surface area contributed by atoms with Gasteiger partial charge < -0.3 is 10.4 Å². The fourth-order valence-corrected chi connectivity index (χ4v) is 4.68. The van der Waals surface area contributed by atoms with Gasteiger partial charge in [0.25, 0.3) is 0 Å². The molecular weight excluding hydrogens is 438 g/mol. The second-order valence-electron chi connectivity index (χ2n) is 6.98. The average Bonchev–Trinajstić information content (AvgIpc) is 3.26. The van der Waals surface area contributed by atoms with Crippen LogP contribution in [-0.4, -0.2) is 22.2 Å². The van der Waals surface area contributed by atoms with E-state index < -0.39 is 0 Å². The number of allylic oxidation sites excluding steroid dienone is 4. The topological polar surface area (TPSA) is 64.9 Å². The molecule has 2 N–H and O–H groups in total. The molecule has 7 heteroatoms. The third-order valence-electron chi connectivity index (χ3n) is 4.72. The summed E-state index contributed by atoms with van der Waals surface area (Å²) in [4.78, 5) is 14.6. The van der Waals surface area contributed by atoms with E-state index in [1.165, 1.54) is 28.1 Å². The summed E-state index contributed by atoms with van der Waals surface area (Å²) >= 11 is 3.00. The van der Waals surface area contributed by atoms with Gasteiger partial charge in [0.1, 0.15) is 11.5 Å². The van der Waals surface area contributed by atoms with Crippen molar-refractivity contribution in [3.05, 3.63) is 116 Å². The molecule has 0 atom stereocenters. The monoisotopic (exact) mass is 463 g/mol. The van der Waals surface area contributed by atoms with Crippen LogP contribution in [-0.2, 0) is 11.3 Å². The van der Waals surface area contributed by atoms with E-state index in [4.69, 9.17) is 0 Å². The van der Waals surface area contributed by atoms with Crippen LogP contribution >= 0.6 is 23.1 Å². The molecule has 32 heavy (non-hydrogen) atoms. The van der Waals surface area contributed by atoms with Crippen molar-refractivity contribution in [3.8, 4) is 0 Å². The molecule has 0 unspecified atom stereocenters. The molecule has 164 valence electrons. The maximum absolute atomic E-state index is 11.8. The van der Waals surface area contributed by atoms with E-state index in [1.54, 1.807) is 12.2 Å². The Morgan fingerprint density at radius 1 is 1.19 bits per heavy atom. The van der Waals surface area contributed by atoms with Crippen LogP contribution in [0.4, 0.5) is 0 Å². The number of thiophene rings is 1. The second kappa shape index (κ2) is 10.8. The summed E-state index contributed by atoms with van der Waals surface area (Å²) in [6.07, 6.45) is 4.14. The Morgan fingerprint density at radius 3 is 2.53 bits per heavy atom. The minimum absolute atomic E-state index is 0.00317. The van der Waals surface area contributed by atoms with Crippen LogP contribution in [0, 0.1) is 6.92 Å². The van der Waals surface area contributed by atoms with Crippen molar-refractivity contribution >= 4 is 35.2 Å². The highest BCUT2D eigenvalue weighted by molar-refractivity contribution is 8.06. The average molecular weight is 464 g/mol. The zero-order chi connectivity index (χ0) is 23.1. The number of amides is 1. The van der Waals surface area contributed by atoms with Gasteiger partial charge in [0, 0.05) is 15.4 Å². The number of benzene rings is 1. The van der Waals surface area contributed by atoms with Crippen molar-refractivity contribution in [1.82, 2.24) is 10.3 Å². The number of carbonyl (C=O) groups is 1. The molecule has 5 nitrogen and oxygen atoms in total. The highest BCUT2D eigenvalue weighted by atomic mass is 32.2. The van der Waals surface area contributed by atoms with Gasteiger partial charge in [-0.3, -0.25) is 4.79 Å². The van der Waals surface area contributed by atoms with Gasteiger partial charge in [-0.2, -0.15) is 5.10 Å². The molecule has 3 rings (SSSR count). The Kier molecular flexibility index (Phi) is 7.92. The Balaban J connectivity index is 2.01. The van der Waals surface area contributed by atoms with Crippen molar-refractivity contribution in [2.24, 2.45) is 5.10 Å². The van der Waals surface area contributed by atoms with Crippen LogP contribution in [0.25, 0.3) is 0 Å². The third-order valence-corrected chi connectivity index (χ3v) is 6.72. The number of thioether (sulfide) groups is 1. The number of hydrogen-bond donors (Lipinski definition) is 2. The molecule has 0 fully saturated rings. The largest absolute Gasteiger partial charge is 0.505 e. The molecule has 1 aromatic heterocycles. The van der Waals surface area contributed by atoms with E-state index in [1.807, 2.05) is 61.7 Å². The Bertz CT molecular complexity index is 1140. The predicted octanol–water partition coefficient (Wildman–Crippen LogP) is 6.01. The minimum Gasteiger partial charge on any atom is -0.505 e. The number of aliphatic hydroxyl groups is 1. The second-order valence-corrected chi connectivity index (χ2v) is 9.18. The minimum atomic E-state index is -0.00317. The maximum atomic E-state index is 11.8. The molecule has 1 aliphatic rings. The quantitative estimate of drug-likeness (QED) is 0.207. The lowest BCUT2D eigenvalue weighted by atomic mass is 10.1. The van der Waals surface area contributed by atoms with E-state index in [0.29, 0.717) is 24.2 Å². The maximum Gasteiger partial charge on any atom is 0.230 e. The molecule has 1 aromatic carbocycles. The normalized spacial score (nSPS) is 14.8. The van der Waals surface area contributed by atoms with Gasteiger partial charge in [0.15, 0.2) is 0 Å². The lowest BCUT2D eigenvalue weighted by molar-refractivity contribution is -0.118. The van der Waals surface area contributed by atoms with Crippen LogP contribution < -0.4 is 5.32 Å². The number of aryl methyl sites for hydroxylation is 1. The number of hydrazone groups is 1. The molecule has 0 spiro atoms. The summed E-state index contributed by atoms with van der Waals surface area (Å²) in [6, 6.07) is 13.5. The highest BCUT2D eigenvalue weighted by Gasteiger charge is 2.20. The molecule has 1 amide bonds. The molecule has 0 radical (unpaired) electrons. The van der Waals surface area contributed by atoms with Gasteiger partial charge in [-0.1, -0.05) is 61.3 Å². The lowest BCUT2D eigenvalue weighted by Crippen LogP contribution is -2.21. The van der Waals surface area contributed by atoms with Crippen LogP contribution in [0.1, 0.15) is 22.2 Å². The number of aliphatic hydroxyl groups excluding tert-OH is 1. The first-order valence-electron chi connectivity index (χ1n) is 9.91. The van der Waals surface area contributed by atoms with Gasteiger partial charge in [-0.25, -0.2) is 5.01 Å². The van der Waals surface area contributed by atoms with Crippen molar-refractivity contribution in [3.63, 3.8) is 0 Å². The number of nitrogens with zero attached hydrogens (tertiary/aromatic N) is 2. The highest BCUT2D eigenvalue weighted by Crippen LogP contribution is 2.31. The van der Waals surface area contributed by atoms with Gasteiger partial charge in [0.2, 0.25) is 6.41 Å². The number of nitrogens with one attached hydrogen (secondary N) is 1. The van der Waals surface area contributed by atoms with Crippen LogP contribution in [0.3, 0.4) is 0 Å². The van der Waals surface area contributed by atoms with E-state index in [0.717, 1.165) is 31.6 Å². The summed E-state index contributed by atoms with van der Waals surface area (Å²) in [5, 5.41) is 22.3. The van der Waals surface area contributed by atoms with Crippen molar-refractivity contribution in [1.29, 1.82) is 0 Å². The first kappa shape index (κ1) is 23.4. The van der Waals surface area contributed by atoms with E-state index >= 15 is 0 Å². The summed E-state index contributed by atoms with van der Waals surface area (Å²) < 4.78 is 0. The molecule has 1 aliphatic heterocycles. The first-order chi connectivity index (χ1) is 15.5. The zero-order valence-electron chi connectivity index (χ0n) is 18.0. The summed E-state index contributed by atoms with van der Waals surface area (Å²) in [5.41, 5.74) is 3.44. The predicted molar refractivity (Wildman–Crippen MR) is 135 cm³/mol. The van der Waals surface area contributed by atoms with E-state index in [9.17, 15) is 9.90 Å². The van der Waals surface area contributed by atoms with Gasteiger partial charge >= 0.3 is 0 Å². The fourth-order valence-electron chi connectivity index (χ4n) is 2.99. The Hall–Kier alpha value is -3.29. The van der Waals surface area contributed by atoms with Gasteiger partial charge in [-0.05, 0) is 43.0 Å². The summed E-state index contributed by atoms with van der Waals surface area (Å²) in [6.45, 7) is 11.8. The number of carbonyl (C=O) groups excluding carboxylic acids is 1. The van der Waals surface area contributed by atoms with Crippen LogP contribution in [0.5, 0.6) is 0 Å². The lowest BCUT2D eigenvalue weighted by Gasteiger charge is -2.21. The molecule has 0 bridgehead atoms. The Morgan fingerprint density at radius 2 is 1.94 bits per heavy atom. The number of rotatable bonds is 9. The first-order valence-corrected chi connectivity index (χ1v) is 11.6. The van der Waals surface area contributed by atoms with E-state index in [-0.39, 0.29) is 5.76 Å². The molecule has 2 aromatic rings. The molecule has 2 heterocycles. The third kappa shape index (κ3) is 5.49.